The van der Waals surface area contributed by atoms with Crippen molar-refractivity contribution in [3.8, 4) is 5.75 Å². The highest BCUT2D eigenvalue weighted by Gasteiger charge is 2.32. The van der Waals surface area contributed by atoms with Crippen molar-refractivity contribution in [3.63, 3.8) is 0 Å². The molecule has 2 saturated heterocycles. The van der Waals surface area contributed by atoms with Crippen molar-refractivity contribution in [3.05, 3.63) is 54.1 Å². The molecule has 0 aromatic heterocycles. The quantitative estimate of drug-likeness (QED) is 0.487. The van der Waals surface area contributed by atoms with Gasteiger partial charge in [0.25, 0.3) is 0 Å². The van der Waals surface area contributed by atoms with Gasteiger partial charge in [-0.2, -0.15) is 4.31 Å². The summed E-state index contributed by atoms with van der Waals surface area (Å²) in [7, 11) is -5.58. The lowest BCUT2D eigenvalue weighted by Gasteiger charge is -2.30. The number of hydrogen-bond donors (Lipinski definition) is 1. The number of anilines is 1. The zero-order valence-corrected chi connectivity index (χ0v) is 22.8. The molecular weight excluding hydrogens is 514 g/mol. The van der Waals surface area contributed by atoms with E-state index >= 15 is 0 Å². The van der Waals surface area contributed by atoms with E-state index in [0.717, 1.165) is 18.4 Å². The van der Waals surface area contributed by atoms with Crippen LogP contribution >= 0.6 is 0 Å². The Balaban J connectivity index is 1.34. The van der Waals surface area contributed by atoms with Gasteiger partial charge in [-0.25, -0.2) is 21.1 Å². The Morgan fingerprint density at radius 2 is 1.62 bits per heavy atom. The lowest BCUT2D eigenvalue weighted by atomic mass is 9.97. The first kappa shape index (κ1) is 27.6. The molecule has 0 bridgehead atoms. The van der Waals surface area contributed by atoms with Crippen LogP contribution < -0.4 is 10.1 Å². The number of methoxy groups -OCH3 is 1. The minimum atomic E-state index is -3.64. The van der Waals surface area contributed by atoms with E-state index in [-0.39, 0.29) is 35.6 Å². The van der Waals surface area contributed by atoms with Gasteiger partial charge in [-0.05, 0) is 62.3 Å². The zero-order chi connectivity index (χ0) is 26.5. The van der Waals surface area contributed by atoms with Crippen LogP contribution in [0, 0.1) is 5.92 Å². The van der Waals surface area contributed by atoms with E-state index in [2.05, 4.69) is 5.32 Å². The van der Waals surface area contributed by atoms with Gasteiger partial charge in [0.15, 0.2) is 0 Å². The van der Waals surface area contributed by atoms with Gasteiger partial charge in [-0.1, -0.05) is 30.3 Å². The molecule has 0 radical (unpaired) electrons. The number of ether oxygens (including phenoxy) is 1. The minimum Gasteiger partial charge on any atom is -0.495 e. The van der Waals surface area contributed by atoms with Gasteiger partial charge >= 0.3 is 0 Å². The third kappa shape index (κ3) is 6.70. The first-order valence-corrected chi connectivity index (χ1v) is 15.8. The van der Waals surface area contributed by atoms with Gasteiger partial charge in [0.1, 0.15) is 5.75 Å². The van der Waals surface area contributed by atoms with Crippen molar-refractivity contribution in [2.24, 2.45) is 5.92 Å². The van der Waals surface area contributed by atoms with Crippen LogP contribution in [-0.4, -0.2) is 70.4 Å². The molecule has 11 heteroatoms. The second-order valence-electron chi connectivity index (χ2n) is 9.54. The number of aryl methyl sites for hydroxylation is 1. The van der Waals surface area contributed by atoms with Crippen LogP contribution in [0.3, 0.4) is 0 Å². The summed E-state index contributed by atoms with van der Waals surface area (Å²) in [6.45, 7) is 1.55. The van der Waals surface area contributed by atoms with Crippen LogP contribution in [0.25, 0.3) is 0 Å². The Labute approximate surface area is 219 Å². The van der Waals surface area contributed by atoms with E-state index in [0.29, 0.717) is 50.2 Å². The van der Waals surface area contributed by atoms with Gasteiger partial charge in [-0.15, -0.1) is 0 Å². The van der Waals surface area contributed by atoms with Crippen molar-refractivity contribution in [1.82, 2.24) is 8.61 Å². The average molecular weight is 550 g/mol. The predicted molar refractivity (Wildman–Crippen MR) is 142 cm³/mol. The Kier molecular flexibility index (Phi) is 8.89. The fraction of sp³-hybridized carbons (Fsp3) is 0.500. The molecule has 0 aliphatic carbocycles. The number of nitrogens with zero attached hydrogens (tertiary/aromatic N) is 2. The van der Waals surface area contributed by atoms with E-state index in [1.807, 2.05) is 30.3 Å². The summed E-state index contributed by atoms with van der Waals surface area (Å²) < 4.78 is 59.8. The molecule has 2 heterocycles. The topological polar surface area (TPSA) is 113 Å². The molecule has 4 rings (SSSR count). The summed E-state index contributed by atoms with van der Waals surface area (Å²) in [5.74, 6) is -0.199. The molecule has 37 heavy (non-hydrogen) atoms. The average Bonchev–Trinajstić information content (AvgIpc) is 3.45. The molecule has 202 valence electrons. The monoisotopic (exact) mass is 549 g/mol. The van der Waals surface area contributed by atoms with E-state index in [1.165, 1.54) is 27.9 Å². The summed E-state index contributed by atoms with van der Waals surface area (Å²) in [4.78, 5) is 13.2. The number of rotatable bonds is 10. The minimum absolute atomic E-state index is 0.0776. The molecular formula is C26H35N3O6S2. The number of carbonyl (C=O) groups excluding carboxylic acids is 1. The fourth-order valence-electron chi connectivity index (χ4n) is 4.89. The smallest absolute Gasteiger partial charge is 0.243 e. The summed E-state index contributed by atoms with van der Waals surface area (Å²) in [6, 6.07) is 14.3. The van der Waals surface area contributed by atoms with Crippen molar-refractivity contribution in [1.29, 1.82) is 0 Å². The van der Waals surface area contributed by atoms with Gasteiger partial charge in [0.05, 0.1) is 23.4 Å². The van der Waals surface area contributed by atoms with E-state index in [1.54, 1.807) is 6.07 Å². The Morgan fingerprint density at radius 3 is 2.27 bits per heavy atom. The van der Waals surface area contributed by atoms with Gasteiger partial charge in [0.2, 0.25) is 26.0 Å². The lowest BCUT2D eigenvalue weighted by molar-refractivity contribution is -0.120. The lowest BCUT2D eigenvalue weighted by Crippen LogP contribution is -2.42. The van der Waals surface area contributed by atoms with Crippen molar-refractivity contribution < 1.29 is 26.4 Å². The third-order valence-corrected chi connectivity index (χ3v) is 10.9. The highest BCUT2D eigenvalue weighted by molar-refractivity contribution is 7.89. The normalized spacial score (nSPS) is 18.1. The summed E-state index contributed by atoms with van der Waals surface area (Å²) in [5.41, 5.74) is 1.41. The first-order valence-electron chi connectivity index (χ1n) is 12.7. The van der Waals surface area contributed by atoms with Crippen molar-refractivity contribution in [2.75, 3.05) is 44.4 Å². The Bertz CT molecular complexity index is 1280. The van der Waals surface area contributed by atoms with Crippen LogP contribution in [0.15, 0.2) is 53.4 Å². The van der Waals surface area contributed by atoms with Crippen LogP contribution in [0.1, 0.15) is 37.7 Å². The highest BCUT2D eigenvalue weighted by Crippen LogP contribution is 2.31. The second kappa shape index (κ2) is 11.9. The predicted octanol–water partition coefficient (Wildman–Crippen LogP) is 3.09. The Morgan fingerprint density at radius 1 is 0.946 bits per heavy atom. The zero-order valence-electron chi connectivity index (χ0n) is 21.1. The Hall–Kier alpha value is -2.47. The maximum Gasteiger partial charge on any atom is 0.243 e. The van der Waals surface area contributed by atoms with Gasteiger partial charge in [-0.3, -0.25) is 4.79 Å². The number of carbonyl (C=O) groups is 1. The molecule has 0 spiro atoms. The molecule has 0 atom stereocenters. The maximum atomic E-state index is 13.0. The molecule has 2 aromatic rings. The standard InChI is InChI=1S/C26H35N3O6S2/c1-35-25-12-11-23(37(33,34)29-15-5-6-16-29)20-24(25)27-26(30)22-13-17-28(18-14-22)36(31,32)19-7-10-21-8-3-2-4-9-21/h2-4,8-9,11-12,20,22H,5-7,10,13-19H2,1H3,(H,27,30). The first-order chi connectivity index (χ1) is 17.7. The molecule has 1 N–H and O–H groups in total. The van der Waals surface area contributed by atoms with Crippen molar-refractivity contribution >= 4 is 31.6 Å². The molecule has 0 saturated carbocycles. The number of sulfonamides is 2. The highest BCUT2D eigenvalue weighted by atomic mass is 32.2. The largest absolute Gasteiger partial charge is 0.495 e. The van der Waals surface area contributed by atoms with E-state index in [9.17, 15) is 21.6 Å². The second-order valence-corrected chi connectivity index (χ2v) is 13.6. The number of hydrogen-bond acceptors (Lipinski definition) is 6. The summed E-state index contributed by atoms with van der Waals surface area (Å²) in [6.07, 6.45) is 3.72. The molecule has 1 amide bonds. The number of amides is 1. The number of benzene rings is 2. The number of piperidine rings is 1. The molecule has 2 aliphatic heterocycles. The fourth-order valence-corrected chi connectivity index (χ4v) is 7.96. The SMILES string of the molecule is COc1ccc(S(=O)(=O)N2CCCC2)cc1NC(=O)C1CCN(S(=O)(=O)CCCc2ccccc2)CC1. The van der Waals surface area contributed by atoms with Crippen LogP contribution in [0.2, 0.25) is 0 Å². The van der Waals surface area contributed by atoms with Crippen molar-refractivity contribution in [2.45, 2.75) is 43.4 Å². The molecule has 9 nitrogen and oxygen atoms in total. The van der Waals surface area contributed by atoms with Gasteiger partial charge in [0, 0.05) is 32.1 Å². The molecule has 2 fully saturated rings. The van der Waals surface area contributed by atoms with Gasteiger partial charge < -0.3 is 10.1 Å². The van der Waals surface area contributed by atoms with E-state index < -0.39 is 20.0 Å². The maximum absolute atomic E-state index is 13.0. The third-order valence-electron chi connectivity index (χ3n) is 7.06. The number of nitrogens with one attached hydrogen (secondary N) is 1. The van der Waals surface area contributed by atoms with E-state index in [4.69, 9.17) is 4.74 Å². The summed E-state index contributed by atoms with van der Waals surface area (Å²) in [5, 5.41) is 2.83. The molecule has 2 aliphatic rings. The van der Waals surface area contributed by atoms with Crippen LogP contribution in [0.4, 0.5) is 5.69 Å². The molecule has 0 unspecified atom stereocenters. The van der Waals surface area contributed by atoms with Crippen LogP contribution in [-0.2, 0) is 31.3 Å². The summed E-state index contributed by atoms with van der Waals surface area (Å²) >= 11 is 0. The molecule has 2 aromatic carbocycles. The van der Waals surface area contributed by atoms with Crippen LogP contribution in [0.5, 0.6) is 5.75 Å².